The predicted octanol–water partition coefficient (Wildman–Crippen LogP) is 2.42. The summed E-state index contributed by atoms with van der Waals surface area (Å²) in [5, 5.41) is 3.09. The van der Waals surface area contributed by atoms with E-state index in [9.17, 15) is 9.59 Å². The maximum atomic E-state index is 12.1. The molecule has 1 heterocycles. The minimum Gasteiger partial charge on any atom is -0.337 e. The molecule has 0 aliphatic carbocycles. The maximum Gasteiger partial charge on any atom is 0.328 e. The third-order valence-corrected chi connectivity index (χ3v) is 3.18. The molecule has 1 unspecified atom stereocenters. The summed E-state index contributed by atoms with van der Waals surface area (Å²) in [4.78, 5) is 25.0. The van der Waals surface area contributed by atoms with Crippen LogP contribution in [0.25, 0.3) is 0 Å². The standard InChI is InChI=1S/C12H13ClN2O2/c1-2-8-7-14-12(17)15(11(8)16)10-6-4-3-5-9(10)13/h3-6,8H,2,7H2,1H3,(H,14,17). The van der Waals surface area contributed by atoms with E-state index in [2.05, 4.69) is 5.32 Å². The number of amides is 3. The third-order valence-electron chi connectivity index (χ3n) is 2.86. The van der Waals surface area contributed by atoms with E-state index in [0.29, 0.717) is 23.7 Å². The van der Waals surface area contributed by atoms with Crippen LogP contribution in [0.3, 0.4) is 0 Å². The average Bonchev–Trinajstić information content (AvgIpc) is 2.32. The lowest BCUT2D eigenvalue weighted by atomic mass is 10.0. The van der Waals surface area contributed by atoms with Gasteiger partial charge in [0.1, 0.15) is 0 Å². The van der Waals surface area contributed by atoms with Gasteiger partial charge in [-0.1, -0.05) is 30.7 Å². The Balaban J connectivity index is 2.38. The number of imide groups is 1. The van der Waals surface area contributed by atoms with Crippen LogP contribution < -0.4 is 10.2 Å². The number of carbonyl (C=O) groups excluding carboxylic acids is 2. The Kier molecular flexibility index (Phi) is 3.33. The second-order valence-electron chi connectivity index (χ2n) is 3.92. The van der Waals surface area contributed by atoms with Gasteiger partial charge in [0, 0.05) is 6.54 Å². The van der Waals surface area contributed by atoms with Gasteiger partial charge < -0.3 is 5.32 Å². The number of hydrogen-bond acceptors (Lipinski definition) is 2. The normalized spacial score (nSPS) is 20.4. The fourth-order valence-electron chi connectivity index (χ4n) is 1.84. The van der Waals surface area contributed by atoms with E-state index in [0.717, 1.165) is 4.90 Å². The second kappa shape index (κ2) is 4.75. The molecule has 17 heavy (non-hydrogen) atoms. The number of anilines is 1. The molecule has 0 saturated carbocycles. The number of rotatable bonds is 2. The van der Waals surface area contributed by atoms with E-state index in [1.54, 1.807) is 24.3 Å². The zero-order chi connectivity index (χ0) is 12.4. The van der Waals surface area contributed by atoms with Gasteiger partial charge in [0.25, 0.3) is 0 Å². The topological polar surface area (TPSA) is 49.4 Å². The number of nitrogens with zero attached hydrogens (tertiary/aromatic N) is 1. The molecule has 1 aliphatic rings. The molecule has 0 spiro atoms. The van der Waals surface area contributed by atoms with Crippen molar-refractivity contribution in [3.63, 3.8) is 0 Å². The SMILES string of the molecule is CCC1CNC(=O)N(c2ccccc2Cl)C1=O. The van der Waals surface area contributed by atoms with Crippen molar-refractivity contribution in [2.45, 2.75) is 13.3 Å². The first-order valence-electron chi connectivity index (χ1n) is 5.51. The highest BCUT2D eigenvalue weighted by atomic mass is 35.5. The molecule has 1 fully saturated rings. The van der Waals surface area contributed by atoms with Crippen molar-refractivity contribution >= 4 is 29.2 Å². The number of urea groups is 1. The summed E-state index contributed by atoms with van der Waals surface area (Å²) in [5.74, 6) is -0.367. The van der Waals surface area contributed by atoms with Gasteiger partial charge in [-0.3, -0.25) is 4.79 Å². The van der Waals surface area contributed by atoms with Crippen molar-refractivity contribution in [1.82, 2.24) is 5.32 Å². The van der Waals surface area contributed by atoms with Crippen molar-refractivity contribution in [1.29, 1.82) is 0 Å². The summed E-state index contributed by atoms with van der Waals surface area (Å²) in [6, 6.07) is 6.42. The molecule has 0 bridgehead atoms. The molecule has 1 saturated heterocycles. The zero-order valence-electron chi connectivity index (χ0n) is 9.44. The van der Waals surface area contributed by atoms with Crippen LogP contribution in [0.1, 0.15) is 13.3 Å². The fraction of sp³-hybridized carbons (Fsp3) is 0.333. The molecule has 5 heteroatoms. The van der Waals surface area contributed by atoms with Gasteiger partial charge in [-0.05, 0) is 18.6 Å². The lowest BCUT2D eigenvalue weighted by Crippen LogP contribution is -2.55. The van der Waals surface area contributed by atoms with Crippen LogP contribution >= 0.6 is 11.6 Å². The second-order valence-corrected chi connectivity index (χ2v) is 4.32. The zero-order valence-corrected chi connectivity index (χ0v) is 10.2. The van der Waals surface area contributed by atoms with Crippen molar-refractivity contribution in [3.05, 3.63) is 29.3 Å². The summed E-state index contributed by atoms with van der Waals surface area (Å²) in [7, 11) is 0. The molecular formula is C12H13ClN2O2. The molecule has 0 radical (unpaired) electrons. The molecule has 90 valence electrons. The van der Waals surface area contributed by atoms with Crippen LogP contribution in [0.5, 0.6) is 0 Å². The summed E-state index contributed by atoms with van der Waals surface area (Å²) in [6.45, 7) is 2.32. The number of benzene rings is 1. The number of halogens is 1. The molecule has 1 atom stereocenters. The van der Waals surface area contributed by atoms with Crippen LogP contribution in [-0.4, -0.2) is 18.5 Å². The van der Waals surface area contributed by atoms with Gasteiger partial charge in [-0.15, -0.1) is 0 Å². The van der Waals surface area contributed by atoms with Crippen LogP contribution in [-0.2, 0) is 4.79 Å². The smallest absolute Gasteiger partial charge is 0.328 e. The molecule has 1 aromatic carbocycles. The Morgan fingerprint density at radius 2 is 2.12 bits per heavy atom. The van der Waals surface area contributed by atoms with Crippen molar-refractivity contribution < 1.29 is 9.59 Å². The quantitative estimate of drug-likeness (QED) is 0.879. The molecule has 1 aliphatic heterocycles. The summed E-state index contributed by atoms with van der Waals surface area (Å²) in [5.41, 5.74) is 0.440. The highest BCUT2D eigenvalue weighted by molar-refractivity contribution is 6.35. The van der Waals surface area contributed by atoms with E-state index in [1.807, 2.05) is 6.92 Å². The number of hydrogen-bond donors (Lipinski definition) is 1. The van der Waals surface area contributed by atoms with Gasteiger partial charge in [0.2, 0.25) is 5.91 Å². The van der Waals surface area contributed by atoms with Gasteiger partial charge in [-0.25, -0.2) is 9.69 Å². The van der Waals surface area contributed by atoms with E-state index in [4.69, 9.17) is 11.6 Å². The summed E-state index contributed by atoms with van der Waals surface area (Å²) < 4.78 is 0. The highest BCUT2D eigenvalue weighted by Crippen LogP contribution is 2.28. The lowest BCUT2D eigenvalue weighted by molar-refractivity contribution is -0.122. The number of para-hydroxylation sites is 1. The van der Waals surface area contributed by atoms with Crippen LogP contribution in [0.4, 0.5) is 10.5 Å². The van der Waals surface area contributed by atoms with Crippen molar-refractivity contribution in [2.24, 2.45) is 5.92 Å². The monoisotopic (exact) mass is 252 g/mol. The Labute approximate surface area is 105 Å². The Morgan fingerprint density at radius 3 is 2.76 bits per heavy atom. The third kappa shape index (κ3) is 2.13. The average molecular weight is 253 g/mol. The van der Waals surface area contributed by atoms with E-state index < -0.39 is 6.03 Å². The summed E-state index contributed by atoms with van der Waals surface area (Å²) in [6.07, 6.45) is 0.695. The Bertz CT molecular complexity index is 462. The van der Waals surface area contributed by atoms with Gasteiger partial charge in [0.15, 0.2) is 0 Å². The first kappa shape index (κ1) is 11.9. The van der Waals surface area contributed by atoms with E-state index >= 15 is 0 Å². The minimum absolute atomic E-state index is 0.177. The number of nitrogens with one attached hydrogen (secondary N) is 1. The Hall–Kier alpha value is -1.55. The highest BCUT2D eigenvalue weighted by Gasteiger charge is 2.34. The maximum absolute atomic E-state index is 12.1. The fourth-order valence-corrected chi connectivity index (χ4v) is 2.06. The molecule has 0 aromatic heterocycles. The molecule has 1 N–H and O–H groups in total. The molecule has 2 rings (SSSR count). The van der Waals surface area contributed by atoms with Crippen molar-refractivity contribution in [3.8, 4) is 0 Å². The molecule has 3 amide bonds. The Morgan fingerprint density at radius 1 is 1.41 bits per heavy atom. The minimum atomic E-state index is -0.409. The molecule has 1 aromatic rings. The summed E-state index contributed by atoms with van der Waals surface area (Å²) >= 11 is 6.01. The van der Waals surface area contributed by atoms with E-state index in [1.165, 1.54) is 0 Å². The largest absolute Gasteiger partial charge is 0.337 e. The van der Waals surface area contributed by atoms with Crippen LogP contribution in [0.2, 0.25) is 5.02 Å². The van der Waals surface area contributed by atoms with Gasteiger partial charge in [-0.2, -0.15) is 0 Å². The van der Waals surface area contributed by atoms with Crippen LogP contribution in [0, 0.1) is 5.92 Å². The van der Waals surface area contributed by atoms with Crippen LogP contribution in [0.15, 0.2) is 24.3 Å². The van der Waals surface area contributed by atoms with Crippen molar-refractivity contribution in [2.75, 3.05) is 11.4 Å². The predicted molar refractivity (Wildman–Crippen MR) is 66.1 cm³/mol. The number of carbonyl (C=O) groups is 2. The van der Waals surface area contributed by atoms with E-state index in [-0.39, 0.29) is 11.8 Å². The van der Waals surface area contributed by atoms with Gasteiger partial charge >= 0.3 is 6.03 Å². The first-order chi connectivity index (χ1) is 8.15. The molecular weight excluding hydrogens is 240 g/mol. The van der Waals surface area contributed by atoms with Gasteiger partial charge in [0.05, 0.1) is 16.6 Å². The first-order valence-corrected chi connectivity index (χ1v) is 5.89. The lowest BCUT2D eigenvalue weighted by Gasteiger charge is -2.31. The molecule has 4 nitrogen and oxygen atoms in total.